The van der Waals surface area contributed by atoms with E-state index >= 15 is 0 Å². The van der Waals surface area contributed by atoms with Crippen molar-refractivity contribution in [3.8, 4) is 0 Å². The Morgan fingerprint density at radius 2 is 1.72 bits per heavy atom. The van der Waals surface area contributed by atoms with Gasteiger partial charge in [-0.15, -0.1) is 12.4 Å². The van der Waals surface area contributed by atoms with Gasteiger partial charge in [-0.2, -0.15) is 0 Å². The molecule has 0 aliphatic carbocycles. The third-order valence-corrected chi connectivity index (χ3v) is 5.63. The average Bonchev–Trinajstić information content (AvgIpc) is 2.97. The molecule has 2 heterocycles. The summed E-state index contributed by atoms with van der Waals surface area (Å²) in [4.78, 5) is 17.1. The number of hydrogen-bond donors (Lipinski definition) is 1. The molecule has 2 fully saturated rings. The largest absolute Gasteiger partial charge is 0.341 e. The lowest BCUT2D eigenvalue weighted by atomic mass is 9.89. The van der Waals surface area contributed by atoms with Gasteiger partial charge in [-0.3, -0.25) is 9.69 Å². The molecule has 4 atom stereocenters. The van der Waals surface area contributed by atoms with Gasteiger partial charge in [0.05, 0.1) is 6.54 Å². The van der Waals surface area contributed by atoms with Crippen LogP contribution in [-0.4, -0.2) is 55.0 Å². The number of hydrogen-bond acceptors (Lipinski definition) is 3. The molecular formula is C20H32ClN3O. The van der Waals surface area contributed by atoms with Crippen LogP contribution in [0.5, 0.6) is 0 Å². The highest BCUT2D eigenvalue weighted by Crippen LogP contribution is 2.32. The third-order valence-electron chi connectivity index (χ3n) is 5.63. The predicted molar refractivity (Wildman–Crippen MR) is 105 cm³/mol. The van der Waals surface area contributed by atoms with E-state index in [4.69, 9.17) is 5.73 Å². The number of piperidine rings is 1. The molecule has 5 heteroatoms. The number of carbonyl (C=O) groups is 1. The van der Waals surface area contributed by atoms with Crippen molar-refractivity contribution in [2.45, 2.75) is 26.2 Å². The second-order valence-electron chi connectivity index (χ2n) is 7.95. The van der Waals surface area contributed by atoms with Crippen LogP contribution in [0.4, 0.5) is 0 Å². The molecule has 25 heavy (non-hydrogen) atoms. The summed E-state index contributed by atoms with van der Waals surface area (Å²) in [5.74, 6) is 2.41. The molecular weight excluding hydrogens is 334 g/mol. The molecule has 0 spiro atoms. The van der Waals surface area contributed by atoms with Gasteiger partial charge >= 0.3 is 0 Å². The summed E-state index contributed by atoms with van der Waals surface area (Å²) >= 11 is 0. The van der Waals surface area contributed by atoms with Crippen LogP contribution >= 0.6 is 12.4 Å². The lowest BCUT2D eigenvalue weighted by Crippen LogP contribution is -2.46. The summed E-state index contributed by atoms with van der Waals surface area (Å²) in [6.45, 7) is 9.43. The van der Waals surface area contributed by atoms with Crippen LogP contribution in [0.2, 0.25) is 0 Å². The minimum Gasteiger partial charge on any atom is -0.341 e. The molecule has 2 N–H and O–H groups in total. The Kier molecular flexibility index (Phi) is 7.29. The summed E-state index contributed by atoms with van der Waals surface area (Å²) in [6, 6.07) is 10.6. The predicted octanol–water partition coefficient (Wildman–Crippen LogP) is 2.59. The first-order chi connectivity index (χ1) is 11.6. The van der Waals surface area contributed by atoms with Crippen LogP contribution in [0.3, 0.4) is 0 Å². The van der Waals surface area contributed by atoms with Gasteiger partial charge in [-0.25, -0.2) is 0 Å². The summed E-state index contributed by atoms with van der Waals surface area (Å²) in [6.07, 6.45) is 1.23. The molecule has 140 valence electrons. The summed E-state index contributed by atoms with van der Waals surface area (Å²) < 4.78 is 0. The van der Waals surface area contributed by atoms with E-state index in [1.54, 1.807) is 0 Å². The maximum atomic E-state index is 12.7. The molecule has 2 aliphatic heterocycles. The zero-order valence-electron chi connectivity index (χ0n) is 15.4. The van der Waals surface area contributed by atoms with Crippen LogP contribution in [0.1, 0.15) is 31.7 Å². The van der Waals surface area contributed by atoms with Crippen molar-refractivity contribution >= 4 is 18.3 Å². The number of carbonyl (C=O) groups excluding carboxylic acids is 1. The molecule has 1 amide bonds. The Morgan fingerprint density at radius 3 is 2.32 bits per heavy atom. The molecule has 3 rings (SSSR count). The first-order valence-electron chi connectivity index (χ1n) is 9.32. The highest BCUT2D eigenvalue weighted by molar-refractivity contribution is 5.85. The van der Waals surface area contributed by atoms with Gasteiger partial charge in [0.1, 0.15) is 0 Å². The molecule has 0 bridgehead atoms. The maximum absolute atomic E-state index is 12.7. The van der Waals surface area contributed by atoms with E-state index in [9.17, 15) is 4.79 Å². The van der Waals surface area contributed by atoms with Crippen molar-refractivity contribution in [3.63, 3.8) is 0 Å². The van der Waals surface area contributed by atoms with E-state index in [0.717, 1.165) is 26.2 Å². The Labute approximate surface area is 158 Å². The van der Waals surface area contributed by atoms with Crippen molar-refractivity contribution in [1.29, 1.82) is 0 Å². The molecule has 2 saturated heterocycles. The molecule has 0 aromatic heterocycles. The minimum absolute atomic E-state index is 0. The van der Waals surface area contributed by atoms with E-state index in [1.807, 2.05) is 0 Å². The number of amides is 1. The first-order valence-corrected chi connectivity index (χ1v) is 9.32. The number of rotatable bonds is 4. The lowest BCUT2D eigenvalue weighted by molar-refractivity contribution is -0.134. The van der Waals surface area contributed by atoms with Crippen molar-refractivity contribution in [2.75, 3.05) is 39.3 Å². The first kappa shape index (κ1) is 20.2. The molecule has 4 nitrogen and oxygen atoms in total. The summed E-state index contributed by atoms with van der Waals surface area (Å²) in [5.41, 5.74) is 7.36. The standard InChI is InChI=1S/C20H31N3O.ClH/c1-15-8-16(2)11-23(10-15)20(24)14-22-12-18(9-21)19(13-22)17-6-4-3-5-7-17;/h3-7,15-16,18-19H,8-14,21H2,1-2H3;1H/t15?,16?,18-,19+;/m1./s1. The molecule has 0 saturated carbocycles. The van der Waals surface area contributed by atoms with Gasteiger partial charge in [0, 0.05) is 32.1 Å². The zero-order chi connectivity index (χ0) is 17.1. The van der Waals surface area contributed by atoms with E-state index in [2.05, 4.69) is 54.0 Å². The van der Waals surface area contributed by atoms with Gasteiger partial charge in [-0.05, 0) is 36.3 Å². The highest BCUT2D eigenvalue weighted by atomic mass is 35.5. The average molecular weight is 366 g/mol. The molecule has 1 aromatic carbocycles. The number of nitrogens with two attached hydrogens (primary N) is 1. The van der Waals surface area contributed by atoms with Crippen molar-refractivity contribution < 1.29 is 4.79 Å². The van der Waals surface area contributed by atoms with Crippen LogP contribution in [0, 0.1) is 17.8 Å². The molecule has 2 unspecified atom stereocenters. The molecule has 0 radical (unpaired) electrons. The third kappa shape index (κ3) is 4.96. The topological polar surface area (TPSA) is 49.6 Å². The fourth-order valence-corrected chi connectivity index (χ4v) is 4.56. The Balaban J connectivity index is 0.00000225. The minimum atomic E-state index is 0. The van der Waals surface area contributed by atoms with Gasteiger partial charge in [0.2, 0.25) is 5.91 Å². The Morgan fingerprint density at radius 1 is 1.08 bits per heavy atom. The lowest BCUT2D eigenvalue weighted by Gasteiger charge is -2.35. The van der Waals surface area contributed by atoms with Crippen LogP contribution in [-0.2, 0) is 4.79 Å². The number of likely N-dealkylation sites (tertiary alicyclic amines) is 2. The fourth-order valence-electron chi connectivity index (χ4n) is 4.56. The Bertz CT molecular complexity index is 543. The van der Waals surface area contributed by atoms with Crippen LogP contribution in [0.25, 0.3) is 0 Å². The van der Waals surface area contributed by atoms with E-state index in [0.29, 0.717) is 36.8 Å². The zero-order valence-corrected chi connectivity index (χ0v) is 16.3. The highest BCUT2D eigenvalue weighted by Gasteiger charge is 2.35. The van der Waals surface area contributed by atoms with Crippen LogP contribution in [0.15, 0.2) is 30.3 Å². The SMILES string of the molecule is CC1CC(C)CN(C(=O)CN2C[C@@H](CN)[C@H](c3ccccc3)C2)C1.Cl. The smallest absolute Gasteiger partial charge is 0.236 e. The van der Waals surface area contributed by atoms with Crippen molar-refractivity contribution in [2.24, 2.45) is 23.5 Å². The second-order valence-corrected chi connectivity index (χ2v) is 7.95. The second kappa shape index (κ2) is 9.02. The van der Waals surface area contributed by atoms with E-state index < -0.39 is 0 Å². The quantitative estimate of drug-likeness (QED) is 0.892. The van der Waals surface area contributed by atoms with Crippen molar-refractivity contribution in [3.05, 3.63) is 35.9 Å². The molecule has 2 aliphatic rings. The van der Waals surface area contributed by atoms with Gasteiger partial charge in [0.15, 0.2) is 0 Å². The number of nitrogens with zero attached hydrogens (tertiary/aromatic N) is 2. The van der Waals surface area contributed by atoms with E-state index in [1.165, 1.54) is 12.0 Å². The fraction of sp³-hybridized carbons (Fsp3) is 0.650. The van der Waals surface area contributed by atoms with E-state index in [-0.39, 0.29) is 18.3 Å². The molecule has 1 aromatic rings. The summed E-state index contributed by atoms with van der Waals surface area (Å²) in [5, 5.41) is 0. The summed E-state index contributed by atoms with van der Waals surface area (Å²) in [7, 11) is 0. The Hall–Kier alpha value is -1.10. The van der Waals surface area contributed by atoms with Gasteiger partial charge < -0.3 is 10.6 Å². The number of benzene rings is 1. The van der Waals surface area contributed by atoms with Gasteiger partial charge in [0.25, 0.3) is 0 Å². The van der Waals surface area contributed by atoms with Crippen molar-refractivity contribution in [1.82, 2.24) is 9.80 Å². The van der Waals surface area contributed by atoms with Gasteiger partial charge in [-0.1, -0.05) is 44.2 Å². The number of halogens is 1. The van der Waals surface area contributed by atoms with Crippen LogP contribution < -0.4 is 5.73 Å². The monoisotopic (exact) mass is 365 g/mol. The maximum Gasteiger partial charge on any atom is 0.236 e. The normalized spacial score (nSPS) is 30.1.